The molecule has 0 radical (unpaired) electrons. The molecule has 2 aliphatic rings. The van der Waals surface area contributed by atoms with Gasteiger partial charge in [-0.25, -0.2) is 0 Å². The molecule has 2 heterocycles. The summed E-state index contributed by atoms with van der Waals surface area (Å²) in [4.78, 5) is 4.08. The van der Waals surface area contributed by atoms with E-state index >= 15 is 0 Å². The topological polar surface area (TPSA) is 36.4 Å². The van der Waals surface area contributed by atoms with Crippen molar-refractivity contribution in [1.82, 2.24) is 10.6 Å². The Bertz CT molecular complexity index is 201. The molecule has 0 unspecified atom stereocenters. The molecule has 0 aromatic carbocycles. The van der Waals surface area contributed by atoms with E-state index in [2.05, 4.69) is 21.7 Å². The van der Waals surface area contributed by atoms with Gasteiger partial charge in [0.05, 0.1) is 12.9 Å². The first kappa shape index (κ1) is 5.53. The highest BCUT2D eigenvalue weighted by Crippen LogP contribution is 2.10. The summed E-state index contributed by atoms with van der Waals surface area (Å²) in [7, 11) is 0. The first-order valence-corrected chi connectivity index (χ1v) is 3.34. The zero-order valence-corrected chi connectivity index (χ0v) is 5.59. The number of hydrogen-bond donors (Lipinski definition) is 2. The molecule has 3 nitrogen and oxygen atoms in total. The molecule has 0 aromatic heterocycles. The van der Waals surface area contributed by atoms with E-state index in [4.69, 9.17) is 0 Å². The molecule has 0 fully saturated rings. The maximum atomic E-state index is 4.08. The van der Waals surface area contributed by atoms with Gasteiger partial charge in [-0.15, -0.1) is 0 Å². The summed E-state index contributed by atoms with van der Waals surface area (Å²) in [6.07, 6.45) is 5.88. The minimum Gasteiger partial charge on any atom is -0.387 e. The number of aliphatic imine (C=N–C) groups is 1. The summed E-state index contributed by atoms with van der Waals surface area (Å²) in [6.45, 7) is 1.71. The maximum Gasteiger partial charge on any atom is 0.0872 e. The molecule has 2 N–H and O–H groups in total. The molecule has 0 saturated heterocycles. The Labute approximate surface area is 59.5 Å². The molecular weight excluding hydrogens is 126 g/mol. The number of dihydropyridines is 1. The molecular formula is C7H9N3. The van der Waals surface area contributed by atoms with Crippen LogP contribution in [0.2, 0.25) is 0 Å². The van der Waals surface area contributed by atoms with Crippen molar-refractivity contribution in [3.05, 3.63) is 23.5 Å². The molecule has 0 atom stereocenters. The van der Waals surface area contributed by atoms with Gasteiger partial charge in [-0.2, -0.15) is 0 Å². The second-order valence-corrected chi connectivity index (χ2v) is 2.31. The fraction of sp³-hybridized carbons (Fsp3) is 0.286. The number of rotatable bonds is 0. The molecule has 0 amide bonds. The van der Waals surface area contributed by atoms with Crippen LogP contribution in [0.3, 0.4) is 0 Å². The lowest BCUT2D eigenvalue weighted by Gasteiger charge is -2.18. The van der Waals surface area contributed by atoms with Crippen LogP contribution >= 0.6 is 0 Å². The highest BCUT2D eigenvalue weighted by Gasteiger charge is 2.08. The van der Waals surface area contributed by atoms with Crippen molar-refractivity contribution in [3.63, 3.8) is 0 Å². The predicted octanol–water partition coefficient (Wildman–Crippen LogP) is -0.0111. The maximum absolute atomic E-state index is 4.08. The number of hydrogen-bond acceptors (Lipinski definition) is 3. The standard InChI is InChI=1S/C7H9N3/c1-2-8-3-6-4-9-5-10-7(1)6/h1,3,5,8H,2,4H2,(H,9,10). The van der Waals surface area contributed by atoms with Crippen LogP contribution in [0.4, 0.5) is 0 Å². The van der Waals surface area contributed by atoms with Gasteiger partial charge in [0.1, 0.15) is 0 Å². The summed E-state index contributed by atoms with van der Waals surface area (Å²) in [6, 6.07) is 0. The summed E-state index contributed by atoms with van der Waals surface area (Å²) in [5, 5.41) is 6.21. The van der Waals surface area contributed by atoms with Gasteiger partial charge >= 0.3 is 0 Å². The lowest BCUT2D eigenvalue weighted by Crippen LogP contribution is -2.25. The smallest absolute Gasteiger partial charge is 0.0872 e. The summed E-state index contributed by atoms with van der Waals surface area (Å²) >= 11 is 0. The zero-order chi connectivity index (χ0) is 6.81. The van der Waals surface area contributed by atoms with E-state index in [0.29, 0.717) is 0 Å². The summed E-state index contributed by atoms with van der Waals surface area (Å²) in [5.41, 5.74) is 2.45. The Morgan fingerprint density at radius 2 is 2.50 bits per heavy atom. The highest BCUT2D eigenvalue weighted by atomic mass is 15.0. The van der Waals surface area contributed by atoms with E-state index in [1.54, 1.807) is 6.34 Å². The van der Waals surface area contributed by atoms with Gasteiger partial charge in [0.2, 0.25) is 0 Å². The average Bonchev–Trinajstić information content (AvgIpc) is 2.05. The van der Waals surface area contributed by atoms with Crippen molar-refractivity contribution in [2.75, 3.05) is 13.1 Å². The molecule has 10 heavy (non-hydrogen) atoms. The number of nitrogens with one attached hydrogen (secondary N) is 2. The lowest BCUT2D eigenvalue weighted by atomic mass is 10.1. The fourth-order valence-electron chi connectivity index (χ4n) is 1.09. The van der Waals surface area contributed by atoms with Crippen LogP contribution in [0.5, 0.6) is 0 Å². The van der Waals surface area contributed by atoms with E-state index in [0.717, 1.165) is 13.1 Å². The number of nitrogens with zero attached hydrogens (tertiary/aromatic N) is 1. The van der Waals surface area contributed by atoms with E-state index in [-0.39, 0.29) is 0 Å². The van der Waals surface area contributed by atoms with Crippen LogP contribution in [0.15, 0.2) is 28.5 Å². The quantitative estimate of drug-likeness (QED) is 0.490. The van der Waals surface area contributed by atoms with Crippen LogP contribution in [-0.4, -0.2) is 19.4 Å². The van der Waals surface area contributed by atoms with Crippen molar-refractivity contribution >= 4 is 6.34 Å². The molecule has 0 spiro atoms. The third kappa shape index (κ3) is 0.795. The monoisotopic (exact) mass is 135 g/mol. The number of fused-ring (bicyclic) bond motifs is 1. The van der Waals surface area contributed by atoms with Crippen molar-refractivity contribution in [3.8, 4) is 0 Å². The van der Waals surface area contributed by atoms with Crippen molar-refractivity contribution in [1.29, 1.82) is 0 Å². The molecule has 0 aliphatic carbocycles. The van der Waals surface area contributed by atoms with Crippen LogP contribution in [0.25, 0.3) is 0 Å². The second kappa shape index (κ2) is 2.17. The molecule has 52 valence electrons. The summed E-state index contributed by atoms with van der Waals surface area (Å²) < 4.78 is 0. The van der Waals surface area contributed by atoms with Gasteiger partial charge < -0.3 is 10.6 Å². The third-order valence-corrected chi connectivity index (χ3v) is 1.62. The Morgan fingerprint density at radius 3 is 3.40 bits per heavy atom. The minimum absolute atomic E-state index is 0.797. The normalized spacial score (nSPS) is 21.6. The predicted molar refractivity (Wildman–Crippen MR) is 40.7 cm³/mol. The molecule has 0 bridgehead atoms. The van der Waals surface area contributed by atoms with Gasteiger partial charge in [0.25, 0.3) is 0 Å². The van der Waals surface area contributed by atoms with Crippen LogP contribution in [-0.2, 0) is 0 Å². The minimum atomic E-state index is 0.797. The molecule has 3 heteroatoms. The Hall–Kier alpha value is -1.25. The van der Waals surface area contributed by atoms with Gasteiger partial charge in [0, 0.05) is 24.0 Å². The highest BCUT2D eigenvalue weighted by molar-refractivity contribution is 5.63. The fourth-order valence-corrected chi connectivity index (χ4v) is 1.09. The molecule has 0 saturated carbocycles. The zero-order valence-electron chi connectivity index (χ0n) is 5.59. The SMILES string of the molecule is C1=NCC2=CNCC=C2N1. The van der Waals surface area contributed by atoms with Crippen molar-refractivity contribution < 1.29 is 0 Å². The first-order chi connectivity index (χ1) is 4.97. The second-order valence-electron chi connectivity index (χ2n) is 2.31. The van der Waals surface area contributed by atoms with Crippen LogP contribution in [0.1, 0.15) is 0 Å². The van der Waals surface area contributed by atoms with E-state index in [1.807, 2.05) is 6.20 Å². The molecule has 2 aliphatic heterocycles. The molecule has 2 rings (SSSR count). The van der Waals surface area contributed by atoms with Gasteiger partial charge in [-0.3, -0.25) is 4.99 Å². The van der Waals surface area contributed by atoms with Crippen molar-refractivity contribution in [2.24, 2.45) is 4.99 Å². The van der Waals surface area contributed by atoms with Gasteiger partial charge in [0.15, 0.2) is 0 Å². The van der Waals surface area contributed by atoms with E-state index in [1.165, 1.54) is 11.3 Å². The third-order valence-electron chi connectivity index (χ3n) is 1.62. The van der Waals surface area contributed by atoms with Gasteiger partial charge in [-0.1, -0.05) is 0 Å². The van der Waals surface area contributed by atoms with E-state index in [9.17, 15) is 0 Å². The Kier molecular flexibility index (Phi) is 1.20. The largest absolute Gasteiger partial charge is 0.387 e. The average molecular weight is 135 g/mol. The van der Waals surface area contributed by atoms with E-state index < -0.39 is 0 Å². The Balaban J connectivity index is 2.30. The van der Waals surface area contributed by atoms with Crippen molar-refractivity contribution in [2.45, 2.75) is 0 Å². The lowest BCUT2D eigenvalue weighted by molar-refractivity contribution is 0.878. The Morgan fingerprint density at radius 1 is 1.50 bits per heavy atom. The van der Waals surface area contributed by atoms with Crippen LogP contribution in [0, 0.1) is 0 Å². The summed E-state index contributed by atoms with van der Waals surface area (Å²) in [5.74, 6) is 0. The first-order valence-electron chi connectivity index (χ1n) is 3.34. The van der Waals surface area contributed by atoms with Crippen LogP contribution < -0.4 is 10.6 Å². The molecule has 0 aromatic rings. The van der Waals surface area contributed by atoms with Gasteiger partial charge in [-0.05, 0) is 6.08 Å².